The normalized spacial score (nSPS) is 19.3. The van der Waals surface area contributed by atoms with Gasteiger partial charge in [-0.25, -0.2) is 14.3 Å². The van der Waals surface area contributed by atoms with E-state index in [0.717, 1.165) is 22.5 Å². The number of amides is 1. The van der Waals surface area contributed by atoms with E-state index in [1.165, 1.54) is 0 Å². The Labute approximate surface area is 189 Å². The van der Waals surface area contributed by atoms with Gasteiger partial charge in [-0.15, -0.1) is 15.7 Å². The van der Waals surface area contributed by atoms with Crippen molar-refractivity contribution in [2.24, 2.45) is 27.3 Å². The van der Waals surface area contributed by atoms with E-state index in [1.54, 1.807) is 20.8 Å². The molecule has 0 saturated carbocycles. The summed E-state index contributed by atoms with van der Waals surface area (Å²) in [5.41, 5.74) is 1.80. The van der Waals surface area contributed by atoms with Gasteiger partial charge in [0.1, 0.15) is 14.8 Å². The summed E-state index contributed by atoms with van der Waals surface area (Å²) in [5, 5.41) is 26.0. The monoisotopic (exact) mass is 464 g/mol. The second-order valence-corrected chi connectivity index (χ2v) is 12.1. The predicted molar refractivity (Wildman–Crippen MR) is 123 cm³/mol. The molecule has 2 atom stereocenters. The van der Waals surface area contributed by atoms with Gasteiger partial charge >= 0.3 is 0 Å². The number of carbonyl (C=O) groups is 1. The second-order valence-electron chi connectivity index (χ2n) is 9.15. The Balaban J connectivity index is 2.48. The minimum atomic E-state index is -3.49. The van der Waals surface area contributed by atoms with Crippen molar-refractivity contribution < 1.29 is 14.1 Å². The molecular formula is C22H32N4O3S2. The van der Waals surface area contributed by atoms with E-state index in [2.05, 4.69) is 29.3 Å². The van der Waals surface area contributed by atoms with Crippen LogP contribution in [0.5, 0.6) is 0 Å². The zero-order chi connectivity index (χ0) is 23.7. The first-order valence-corrected chi connectivity index (χ1v) is 12.7. The topological polar surface area (TPSA) is 129 Å². The maximum absolute atomic E-state index is 13.1. The molecule has 2 unspecified atom stereocenters. The smallest absolute Gasteiger partial charge is 0.259 e. The third-order valence-electron chi connectivity index (χ3n) is 5.28. The van der Waals surface area contributed by atoms with Crippen LogP contribution in [0.1, 0.15) is 65.1 Å². The molecule has 1 aliphatic rings. The second kappa shape index (κ2) is 9.33. The van der Waals surface area contributed by atoms with Crippen molar-refractivity contribution in [2.45, 2.75) is 71.1 Å². The number of nitrogens with two attached hydrogens (primary N) is 1. The fourth-order valence-electron chi connectivity index (χ4n) is 3.70. The molecule has 0 bridgehead atoms. The van der Waals surface area contributed by atoms with E-state index in [1.807, 2.05) is 19.9 Å². The van der Waals surface area contributed by atoms with Gasteiger partial charge < -0.3 is 5.11 Å². The van der Waals surface area contributed by atoms with E-state index in [-0.39, 0.29) is 28.4 Å². The highest BCUT2D eigenvalue weighted by molar-refractivity contribution is 7.93. The van der Waals surface area contributed by atoms with Crippen LogP contribution in [0.2, 0.25) is 0 Å². The Morgan fingerprint density at radius 1 is 1.45 bits per heavy atom. The molecule has 0 fully saturated rings. The van der Waals surface area contributed by atoms with Crippen LogP contribution < -0.4 is 5.14 Å². The number of aliphatic hydroxyl groups is 1. The molecule has 0 radical (unpaired) electrons. The number of allylic oxidation sites excluding steroid dienone is 3. The minimum Gasteiger partial charge on any atom is -0.383 e. The van der Waals surface area contributed by atoms with Gasteiger partial charge in [-0.1, -0.05) is 33.3 Å². The lowest BCUT2D eigenvalue weighted by molar-refractivity contribution is -0.117. The van der Waals surface area contributed by atoms with Crippen molar-refractivity contribution in [2.75, 3.05) is 0 Å². The third kappa shape index (κ3) is 5.89. The van der Waals surface area contributed by atoms with Crippen LogP contribution in [0.25, 0.3) is 0 Å². The summed E-state index contributed by atoms with van der Waals surface area (Å²) < 4.78 is 17.2. The first kappa shape index (κ1) is 25.4. The lowest BCUT2D eigenvalue weighted by Gasteiger charge is -2.30. The number of nitriles is 1. The van der Waals surface area contributed by atoms with Crippen molar-refractivity contribution in [1.82, 2.24) is 4.98 Å². The molecule has 2 rings (SSSR count). The van der Waals surface area contributed by atoms with Crippen molar-refractivity contribution in [3.8, 4) is 6.07 Å². The minimum absolute atomic E-state index is 0.00988. The first-order chi connectivity index (χ1) is 14.2. The number of hydrogen-bond donors (Lipinski definition) is 2. The molecule has 3 N–H and O–H groups in total. The molecule has 1 aromatic heterocycles. The molecule has 170 valence electrons. The average molecular weight is 465 g/mol. The summed E-state index contributed by atoms with van der Waals surface area (Å²) >= 11 is 1.01. The van der Waals surface area contributed by atoms with Crippen molar-refractivity contribution in [1.29, 1.82) is 5.26 Å². The van der Waals surface area contributed by atoms with Gasteiger partial charge in [-0.05, 0) is 56.6 Å². The Kier molecular flexibility index (Phi) is 7.64. The van der Waals surface area contributed by atoms with Crippen LogP contribution in [0.15, 0.2) is 31.4 Å². The van der Waals surface area contributed by atoms with Gasteiger partial charge in [0.25, 0.3) is 5.91 Å². The Bertz CT molecular complexity index is 1090. The van der Waals surface area contributed by atoms with Crippen LogP contribution in [0.3, 0.4) is 0 Å². The van der Waals surface area contributed by atoms with Crippen molar-refractivity contribution in [3.05, 3.63) is 33.5 Å². The van der Waals surface area contributed by atoms with E-state index in [9.17, 15) is 19.4 Å². The molecule has 0 saturated heterocycles. The average Bonchev–Trinajstić information content (AvgIpc) is 3.04. The highest BCUT2D eigenvalue weighted by atomic mass is 32.2. The van der Waals surface area contributed by atoms with Crippen LogP contribution in [-0.2, 0) is 20.3 Å². The standard InChI is InChI=1S/C22H32N4O3S2/c1-12(2)16-8-15(11-23)9-17(13(3)4)18(16)10-19(27)26-31(24,29)20-14(5)25-21(30-20)22(6,7)28/h8,12-13,17,28H,9-10H2,1-7H3,(H2,24,26,27,29). The fraction of sp³-hybridized carbons (Fsp3) is 0.591. The molecule has 1 aromatic rings. The molecule has 1 heterocycles. The zero-order valence-electron chi connectivity index (χ0n) is 19.2. The van der Waals surface area contributed by atoms with Gasteiger partial charge in [-0.2, -0.15) is 5.26 Å². The van der Waals surface area contributed by atoms with Crippen LogP contribution >= 0.6 is 11.3 Å². The first-order valence-electron chi connectivity index (χ1n) is 10.3. The molecule has 9 heteroatoms. The lowest BCUT2D eigenvalue weighted by Crippen LogP contribution is -2.22. The fourth-order valence-corrected chi connectivity index (χ4v) is 6.25. The number of aryl methyl sites for hydroxylation is 1. The van der Waals surface area contributed by atoms with Crippen molar-refractivity contribution >= 4 is 27.2 Å². The quantitative estimate of drug-likeness (QED) is 0.645. The summed E-state index contributed by atoms with van der Waals surface area (Å²) in [6, 6.07) is 2.25. The van der Waals surface area contributed by atoms with E-state index in [4.69, 9.17) is 5.14 Å². The molecule has 7 nitrogen and oxygen atoms in total. The SMILES string of the molecule is Cc1nc(C(C)(C)O)sc1S(N)(=O)=NC(=O)CC1=C(C(C)C)C=C(C#N)CC1C(C)C. The maximum Gasteiger partial charge on any atom is 0.259 e. The number of nitrogens with zero attached hydrogens (tertiary/aromatic N) is 3. The van der Waals surface area contributed by atoms with E-state index >= 15 is 0 Å². The van der Waals surface area contributed by atoms with Crippen LogP contribution in [-0.4, -0.2) is 20.2 Å². The zero-order valence-corrected chi connectivity index (χ0v) is 20.9. The maximum atomic E-state index is 13.1. The van der Waals surface area contributed by atoms with Crippen molar-refractivity contribution in [3.63, 3.8) is 0 Å². The summed E-state index contributed by atoms with van der Waals surface area (Å²) in [5.74, 6) is -0.156. The van der Waals surface area contributed by atoms with E-state index < -0.39 is 21.4 Å². The summed E-state index contributed by atoms with van der Waals surface area (Å²) in [6.45, 7) is 13.0. The van der Waals surface area contributed by atoms with Gasteiger partial charge in [0, 0.05) is 5.57 Å². The summed E-state index contributed by atoms with van der Waals surface area (Å²) in [6.07, 6.45) is 2.46. The molecule has 1 amide bonds. The molecule has 1 aliphatic carbocycles. The number of aromatic nitrogens is 1. The Hall–Kier alpha value is -1.86. The van der Waals surface area contributed by atoms with Gasteiger partial charge in [0.2, 0.25) is 0 Å². The predicted octanol–water partition coefficient (Wildman–Crippen LogP) is 4.37. The largest absolute Gasteiger partial charge is 0.383 e. The number of carbonyl (C=O) groups excluding carboxylic acids is 1. The van der Waals surface area contributed by atoms with Gasteiger partial charge in [0.05, 0.1) is 18.2 Å². The highest BCUT2D eigenvalue weighted by Gasteiger charge is 2.30. The van der Waals surface area contributed by atoms with Gasteiger partial charge in [-0.3, -0.25) is 4.79 Å². The molecule has 0 aromatic carbocycles. The van der Waals surface area contributed by atoms with Gasteiger partial charge in [0.15, 0.2) is 9.92 Å². The molecular weight excluding hydrogens is 432 g/mol. The summed E-state index contributed by atoms with van der Waals surface area (Å²) in [7, 11) is -3.49. The number of hydrogen-bond acceptors (Lipinski definition) is 6. The lowest BCUT2D eigenvalue weighted by atomic mass is 9.73. The Morgan fingerprint density at radius 3 is 2.52 bits per heavy atom. The third-order valence-corrected chi connectivity index (χ3v) is 8.81. The number of rotatable bonds is 6. The number of thiazole rings is 1. The molecule has 0 spiro atoms. The highest BCUT2D eigenvalue weighted by Crippen LogP contribution is 2.39. The van der Waals surface area contributed by atoms with Crippen LogP contribution in [0.4, 0.5) is 0 Å². The van der Waals surface area contributed by atoms with E-state index in [0.29, 0.717) is 22.7 Å². The molecule has 31 heavy (non-hydrogen) atoms. The Morgan fingerprint density at radius 2 is 2.06 bits per heavy atom. The molecule has 0 aliphatic heterocycles. The van der Waals surface area contributed by atoms with Crippen LogP contribution in [0, 0.1) is 36.0 Å². The summed E-state index contributed by atoms with van der Waals surface area (Å²) in [4.78, 5) is 17.1.